The number of halogens is 3. The van der Waals surface area contributed by atoms with Crippen LogP contribution in [0.1, 0.15) is 26.5 Å². The van der Waals surface area contributed by atoms with Gasteiger partial charge in [0.2, 0.25) is 5.91 Å². The van der Waals surface area contributed by atoms with Gasteiger partial charge in [0, 0.05) is 0 Å². The van der Waals surface area contributed by atoms with Crippen molar-refractivity contribution in [3.05, 3.63) is 24.2 Å². The van der Waals surface area contributed by atoms with E-state index in [0.717, 1.165) is 0 Å². The highest BCUT2D eigenvalue weighted by atomic mass is 19.4. The van der Waals surface area contributed by atoms with Crippen LogP contribution in [0.15, 0.2) is 22.8 Å². The third-order valence-corrected chi connectivity index (χ3v) is 2.81. The van der Waals surface area contributed by atoms with Crippen LogP contribution in [0.25, 0.3) is 0 Å². The standard InChI is InChI=1S/C13H19F3N2O2/c1-12(2,3)10(17)11(19)18(8-13(14,15)16)7-9-5-4-6-20-9/h4-6,10H,7-8,17H2,1-3H3/t10-/m1/s1. The SMILES string of the molecule is CC(C)(C)[C@H](N)C(=O)N(Cc1ccco1)CC(F)(F)F. The molecule has 0 radical (unpaired) electrons. The van der Waals surface area contributed by atoms with Gasteiger partial charge in [-0.15, -0.1) is 0 Å². The first-order valence-electron chi connectivity index (χ1n) is 6.14. The van der Waals surface area contributed by atoms with E-state index in [1.54, 1.807) is 26.8 Å². The van der Waals surface area contributed by atoms with Crippen molar-refractivity contribution in [1.29, 1.82) is 0 Å². The zero-order chi connectivity index (χ0) is 15.6. The molecule has 2 N–H and O–H groups in total. The smallest absolute Gasteiger partial charge is 0.406 e. The van der Waals surface area contributed by atoms with Crippen molar-refractivity contribution in [3.8, 4) is 0 Å². The molecule has 1 amide bonds. The Morgan fingerprint density at radius 2 is 2.00 bits per heavy atom. The number of nitrogens with two attached hydrogens (primary N) is 1. The first kappa shape index (κ1) is 16.6. The summed E-state index contributed by atoms with van der Waals surface area (Å²) in [6, 6.07) is 2.05. The highest BCUT2D eigenvalue weighted by Crippen LogP contribution is 2.23. The van der Waals surface area contributed by atoms with Crippen LogP contribution < -0.4 is 5.73 Å². The Labute approximate surface area is 115 Å². The molecule has 0 saturated carbocycles. The van der Waals surface area contributed by atoms with Crippen LogP contribution in [-0.4, -0.2) is 29.6 Å². The fourth-order valence-corrected chi connectivity index (χ4v) is 1.59. The monoisotopic (exact) mass is 292 g/mol. The molecule has 4 nitrogen and oxygen atoms in total. The van der Waals surface area contributed by atoms with Crippen molar-refractivity contribution in [2.24, 2.45) is 11.1 Å². The molecular weight excluding hydrogens is 273 g/mol. The summed E-state index contributed by atoms with van der Waals surface area (Å²) in [6.07, 6.45) is -3.14. The molecule has 0 fully saturated rings. The van der Waals surface area contributed by atoms with Gasteiger partial charge in [0.25, 0.3) is 0 Å². The highest BCUT2D eigenvalue weighted by Gasteiger charge is 2.37. The van der Waals surface area contributed by atoms with Gasteiger partial charge in [-0.3, -0.25) is 4.79 Å². The maximum atomic E-state index is 12.6. The lowest BCUT2D eigenvalue weighted by atomic mass is 9.86. The normalized spacial score (nSPS) is 14.2. The molecule has 1 aromatic rings. The molecule has 1 rings (SSSR count). The summed E-state index contributed by atoms with van der Waals surface area (Å²) in [5, 5.41) is 0. The number of hydrogen-bond acceptors (Lipinski definition) is 3. The van der Waals surface area contributed by atoms with E-state index in [9.17, 15) is 18.0 Å². The molecule has 1 atom stereocenters. The van der Waals surface area contributed by atoms with Crippen LogP contribution in [-0.2, 0) is 11.3 Å². The molecule has 0 aliphatic heterocycles. The minimum Gasteiger partial charge on any atom is -0.467 e. The Morgan fingerprint density at radius 3 is 2.40 bits per heavy atom. The van der Waals surface area contributed by atoms with Gasteiger partial charge in [0.05, 0.1) is 18.8 Å². The number of amides is 1. The maximum Gasteiger partial charge on any atom is 0.406 e. The predicted molar refractivity (Wildman–Crippen MR) is 67.6 cm³/mol. The Morgan fingerprint density at radius 1 is 1.40 bits per heavy atom. The summed E-state index contributed by atoms with van der Waals surface area (Å²) in [7, 11) is 0. The number of carbonyl (C=O) groups excluding carboxylic acids is 1. The Hall–Kier alpha value is -1.50. The van der Waals surface area contributed by atoms with Crippen LogP contribution in [0.5, 0.6) is 0 Å². The van der Waals surface area contributed by atoms with Crippen molar-refractivity contribution in [2.75, 3.05) is 6.54 Å². The van der Waals surface area contributed by atoms with Crippen molar-refractivity contribution in [1.82, 2.24) is 4.90 Å². The number of rotatable bonds is 4. The minimum absolute atomic E-state index is 0.255. The second kappa shape index (κ2) is 5.87. The van der Waals surface area contributed by atoms with Gasteiger partial charge in [-0.25, -0.2) is 0 Å². The summed E-state index contributed by atoms with van der Waals surface area (Å²) in [6.45, 7) is 3.50. The van der Waals surface area contributed by atoms with E-state index in [1.165, 1.54) is 12.3 Å². The third kappa shape index (κ3) is 4.88. The van der Waals surface area contributed by atoms with Gasteiger partial charge in [-0.05, 0) is 17.5 Å². The van der Waals surface area contributed by atoms with Crippen LogP contribution >= 0.6 is 0 Å². The molecule has 20 heavy (non-hydrogen) atoms. The molecule has 0 aliphatic rings. The lowest BCUT2D eigenvalue weighted by molar-refractivity contribution is -0.165. The van der Waals surface area contributed by atoms with Gasteiger partial charge in [-0.1, -0.05) is 20.8 Å². The van der Waals surface area contributed by atoms with Crippen molar-refractivity contribution >= 4 is 5.91 Å². The molecule has 1 aromatic heterocycles. The predicted octanol–water partition coefficient (Wildman–Crippen LogP) is 2.54. The van der Waals surface area contributed by atoms with Crippen molar-refractivity contribution in [2.45, 2.75) is 39.5 Å². The molecule has 0 aliphatic carbocycles. The van der Waals surface area contributed by atoms with E-state index in [1.807, 2.05) is 0 Å². The zero-order valence-electron chi connectivity index (χ0n) is 11.7. The number of furan rings is 1. The maximum absolute atomic E-state index is 12.6. The van der Waals surface area contributed by atoms with E-state index in [2.05, 4.69) is 0 Å². The van der Waals surface area contributed by atoms with Gasteiger partial charge >= 0.3 is 6.18 Å². The van der Waals surface area contributed by atoms with Crippen LogP contribution in [0.2, 0.25) is 0 Å². The average Bonchev–Trinajstić information content (AvgIpc) is 2.75. The quantitative estimate of drug-likeness (QED) is 0.927. The Bertz CT molecular complexity index is 435. The second-order valence-corrected chi connectivity index (χ2v) is 5.73. The number of alkyl halides is 3. The lowest BCUT2D eigenvalue weighted by Crippen LogP contribution is -2.52. The second-order valence-electron chi connectivity index (χ2n) is 5.73. The largest absolute Gasteiger partial charge is 0.467 e. The molecule has 1 heterocycles. The summed E-state index contributed by atoms with van der Waals surface area (Å²) in [5.74, 6) is -0.463. The molecule has 0 aromatic carbocycles. The highest BCUT2D eigenvalue weighted by molar-refractivity contribution is 5.82. The molecule has 0 saturated heterocycles. The van der Waals surface area contributed by atoms with Gasteiger partial charge in [-0.2, -0.15) is 13.2 Å². The van der Waals surface area contributed by atoms with E-state index < -0.39 is 30.1 Å². The van der Waals surface area contributed by atoms with E-state index in [-0.39, 0.29) is 12.3 Å². The van der Waals surface area contributed by atoms with E-state index >= 15 is 0 Å². The summed E-state index contributed by atoms with van der Waals surface area (Å²) >= 11 is 0. The Balaban J connectivity index is 2.89. The summed E-state index contributed by atoms with van der Waals surface area (Å²) < 4.78 is 42.8. The van der Waals surface area contributed by atoms with Gasteiger partial charge < -0.3 is 15.1 Å². The molecule has 0 spiro atoms. The zero-order valence-corrected chi connectivity index (χ0v) is 11.7. The number of nitrogens with zero attached hydrogens (tertiary/aromatic N) is 1. The number of hydrogen-bond donors (Lipinski definition) is 1. The third-order valence-electron chi connectivity index (χ3n) is 2.81. The fraction of sp³-hybridized carbons (Fsp3) is 0.615. The molecule has 7 heteroatoms. The minimum atomic E-state index is -4.49. The van der Waals surface area contributed by atoms with Gasteiger partial charge in [0.1, 0.15) is 12.3 Å². The summed E-state index contributed by atoms with van der Waals surface area (Å²) in [5.41, 5.74) is 5.13. The first-order chi connectivity index (χ1) is 9.00. The van der Waals surface area contributed by atoms with Gasteiger partial charge in [0.15, 0.2) is 0 Å². The lowest BCUT2D eigenvalue weighted by Gasteiger charge is -2.32. The summed E-state index contributed by atoms with van der Waals surface area (Å²) in [4.78, 5) is 12.8. The van der Waals surface area contributed by atoms with Crippen LogP contribution in [0.4, 0.5) is 13.2 Å². The first-order valence-corrected chi connectivity index (χ1v) is 6.14. The van der Waals surface area contributed by atoms with Crippen LogP contribution in [0.3, 0.4) is 0 Å². The van der Waals surface area contributed by atoms with Crippen molar-refractivity contribution < 1.29 is 22.4 Å². The molecular formula is C13H19F3N2O2. The topological polar surface area (TPSA) is 59.5 Å². The molecule has 114 valence electrons. The molecule has 0 bridgehead atoms. The van der Waals surface area contributed by atoms with Crippen LogP contribution in [0, 0.1) is 5.41 Å². The Kier molecular flexibility index (Phi) is 4.86. The molecule has 0 unspecified atom stereocenters. The van der Waals surface area contributed by atoms with E-state index in [0.29, 0.717) is 4.90 Å². The fourth-order valence-electron chi connectivity index (χ4n) is 1.59. The van der Waals surface area contributed by atoms with Crippen molar-refractivity contribution in [3.63, 3.8) is 0 Å². The van der Waals surface area contributed by atoms with E-state index in [4.69, 9.17) is 10.2 Å². The average molecular weight is 292 g/mol. The number of carbonyl (C=O) groups is 1.